The first-order chi connectivity index (χ1) is 6.91. The maximum absolute atomic E-state index is 11.8. The molecule has 0 radical (unpaired) electrons. The van der Waals surface area contributed by atoms with Crippen molar-refractivity contribution in [3.63, 3.8) is 0 Å². The lowest BCUT2D eigenvalue weighted by Crippen LogP contribution is -2.50. The Hall–Kier alpha value is -1.10. The van der Waals surface area contributed by atoms with E-state index in [1.54, 1.807) is 13.8 Å². The number of hydrogen-bond acceptors (Lipinski definition) is 3. The van der Waals surface area contributed by atoms with Gasteiger partial charge in [0, 0.05) is 13.6 Å². The van der Waals surface area contributed by atoms with E-state index < -0.39 is 11.5 Å². The number of rotatable bonds is 5. The fraction of sp³-hybridized carbons (Fsp3) is 0.800. The average Bonchev–Trinajstić information content (AvgIpc) is 2.26. The number of carbonyl (C=O) groups is 2. The molecule has 0 heterocycles. The third-order valence-electron chi connectivity index (χ3n) is 2.77. The molecule has 5 nitrogen and oxygen atoms in total. The molecule has 0 aliphatic heterocycles. The summed E-state index contributed by atoms with van der Waals surface area (Å²) < 4.78 is 0. The Morgan fingerprint density at radius 2 is 2.00 bits per heavy atom. The van der Waals surface area contributed by atoms with Gasteiger partial charge in [-0.05, 0) is 20.3 Å². The lowest BCUT2D eigenvalue weighted by atomic mass is 9.86. The summed E-state index contributed by atoms with van der Waals surface area (Å²) in [6.07, 6.45) is 0.649. The van der Waals surface area contributed by atoms with Gasteiger partial charge in [0.15, 0.2) is 0 Å². The van der Waals surface area contributed by atoms with Crippen LogP contribution < -0.4 is 16.4 Å². The lowest BCUT2D eigenvalue weighted by Gasteiger charge is -2.26. The van der Waals surface area contributed by atoms with Gasteiger partial charge in [0.25, 0.3) is 0 Å². The summed E-state index contributed by atoms with van der Waals surface area (Å²) in [4.78, 5) is 23.0. The lowest BCUT2D eigenvalue weighted by molar-refractivity contribution is -0.134. The smallest absolute Gasteiger partial charge is 0.242 e. The van der Waals surface area contributed by atoms with Gasteiger partial charge in [0.05, 0.1) is 5.41 Å². The average molecular weight is 215 g/mol. The Bertz CT molecular complexity index is 237. The topological polar surface area (TPSA) is 84.2 Å². The molecular formula is C10H21N3O2. The highest BCUT2D eigenvalue weighted by atomic mass is 16.2. The second kappa shape index (κ2) is 5.70. The Morgan fingerprint density at radius 3 is 2.33 bits per heavy atom. The van der Waals surface area contributed by atoms with Crippen LogP contribution in [-0.2, 0) is 9.59 Å². The molecule has 0 aliphatic rings. The Balaban J connectivity index is 4.42. The van der Waals surface area contributed by atoms with Crippen molar-refractivity contribution in [2.24, 2.45) is 11.1 Å². The van der Waals surface area contributed by atoms with Crippen molar-refractivity contribution in [1.82, 2.24) is 10.6 Å². The van der Waals surface area contributed by atoms with Crippen molar-refractivity contribution in [2.45, 2.75) is 33.2 Å². The van der Waals surface area contributed by atoms with Crippen molar-refractivity contribution in [3.05, 3.63) is 0 Å². The number of hydrogen-bond donors (Lipinski definition) is 3. The number of nitrogens with one attached hydrogen (secondary N) is 2. The highest BCUT2D eigenvalue weighted by Crippen LogP contribution is 2.19. The first-order valence-electron chi connectivity index (χ1n) is 5.14. The molecule has 0 aliphatic carbocycles. The fourth-order valence-electron chi connectivity index (χ4n) is 1.05. The van der Waals surface area contributed by atoms with Crippen LogP contribution in [0, 0.1) is 5.41 Å². The van der Waals surface area contributed by atoms with Crippen molar-refractivity contribution < 1.29 is 9.59 Å². The van der Waals surface area contributed by atoms with Crippen LogP contribution in [-0.4, -0.2) is 31.4 Å². The zero-order valence-electron chi connectivity index (χ0n) is 9.89. The van der Waals surface area contributed by atoms with Crippen LogP contribution >= 0.6 is 0 Å². The molecule has 0 spiro atoms. The number of likely N-dealkylation sites (N-methyl/N-ethyl adjacent to an activating group) is 1. The standard InChI is InChI=1S/C10H21N3O2/c1-5-10(3,6-11)9(15)13-7(2)8(14)12-4/h7H,5-6,11H2,1-4H3,(H,12,14)(H,13,15). The largest absolute Gasteiger partial charge is 0.357 e. The fourth-order valence-corrected chi connectivity index (χ4v) is 1.05. The molecule has 2 amide bonds. The summed E-state index contributed by atoms with van der Waals surface area (Å²) in [7, 11) is 1.53. The van der Waals surface area contributed by atoms with Crippen molar-refractivity contribution in [3.8, 4) is 0 Å². The molecule has 4 N–H and O–H groups in total. The van der Waals surface area contributed by atoms with Gasteiger partial charge >= 0.3 is 0 Å². The van der Waals surface area contributed by atoms with Crippen LogP contribution in [0.3, 0.4) is 0 Å². The SMILES string of the molecule is CCC(C)(CN)C(=O)NC(C)C(=O)NC. The summed E-state index contributed by atoms with van der Waals surface area (Å²) in [5.41, 5.74) is 4.95. The molecule has 0 fully saturated rings. The number of amides is 2. The van der Waals surface area contributed by atoms with Gasteiger partial charge in [-0.15, -0.1) is 0 Å². The molecule has 0 aromatic carbocycles. The van der Waals surface area contributed by atoms with Gasteiger partial charge in [-0.3, -0.25) is 9.59 Å². The van der Waals surface area contributed by atoms with E-state index in [4.69, 9.17) is 5.73 Å². The van der Waals surface area contributed by atoms with Crippen molar-refractivity contribution in [1.29, 1.82) is 0 Å². The molecule has 5 heteroatoms. The maximum Gasteiger partial charge on any atom is 0.242 e. The summed E-state index contributed by atoms with van der Waals surface area (Å²) >= 11 is 0. The van der Waals surface area contributed by atoms with Gasteiger partial charge in [-0.1, -0.05) is 6.92 Å². The van der Waals surface area contributed by atoms with Crippen molar-refractivity contribution >= 4 is 11.8 Å². The summed E-state index contributed by atoms with van der Waals surface area (Å²) in [5, 5.41) is 5.11. The highest BCUT2D eigenvalue weighted by molar-refractivity contribution is 5.89. The highest BCUT2D eigenvalue weighted by Gasteiger charge is 2.31. The molecule has 2 atom stereocenters. The van der Waals surface area contributed by atoms with E-state index in [1.165, 1.54) is 7.05 Å². The molecule has 0 saturated heterocycles. The number of carbonyl (C=O) groups excluding carboxylic acids is 2. The molecule has 0 bridgehead atoms. The maximum atomic E-state index is 11.8. The van der Waals surface area contributed by atoms with Crippen LogP contribution in [0.4, 0.5) is 0 Å². The minimum atomic E-state index is -0.595. The summed E-state index contributed by atoms with van der Waals surface area (Å²) in [6.45, 7) is 5.61. The predicted molar refractivity (Wildman–Crippen MR) is 59.1 cm³/mol. The molecule has 88 valence electrons. The molecule has 2 unspecified atom stereocenters. The third-order valence-corrected chi connectivity index (χ3v) is 2.77. The van der Waals surface area contributed by atoms with E-state index >= 15 is 0 Å². The van der Waals surface area contributed by atoms with Gasteiger partial charge in [0.1, 0.15) is 6.04 Å². The van der Waals surface area contributed by atoms with Crippen LogP contribution in [0.25, 0.3) is 0 Å². The molecule has 0 aromatic rings. The van der Waals surface area contributed by atoms with Gasteiger partial charge in [0.2, 0.25) is 11.8 Å². The minimum Gasteiger partial charge on any atom is -0.357 e. The van der Waals surface area contributed by atoms with Crippen LogP contribution in [0.1, 0.15) is 27.2 Å². The van der Waals surface area contributed by atoms with Gasteiger partial charge in [-0.25, -0.2) is 0 Å². The van der Waals surface area contributed by atoms with Crippen LogP contribution in [0.5, 0.6) is 0 Å². The second-order valence-corrected chi connectivity index (χ2v) is 3.93. The van der Waals surface area contributed by atoms with Crippen LogP contribution in [0.2, 0.25) is 0 Å². The number of nitrogens with two attached hydrogens (primary N) is 1. The van der Waals surface area contributed by atoms with E-state index in [0.29, 0.717) is 6.42 Å². The molecule has 0 aromatic heterocycles. The van der Waals surface area contributed by atoms with E-state index in [1.807, 2.05) is 6.92 Å². The van der Waals surface area contributed by atoms with E-state index in [-0.39, 0.29) is 18.4 Å². The Kier molecular flexibility index (Phi) is 5.28. The monoisotopic (exact) mass is 215 g/mol. The molecule has 15 heavy (non-hydrogen) atoms. The van der Waals surface area contributed by atoms with Crippen LogP contribution in [0.15, 0.2) is 0 Å². The normalized spacial score (nSPS) is 16.3. The molecule has 0 rings (SSSR count). The zero-order chi connectivity index (χ0) is 12.1. The van der Waals surface area contributed by atoms with E-state index in [9.17, 15) is 9.59 Å². The van der Waals surface area contributed by atoms with E-state index in [2.05, 4.69) is 10.6 Å². The Morgan fingerprint density at radius 1 is 1.47 bits per heavy atom. The summed E-state index contributed by atoms with van der Waals surface area (Å²) in [6, 6.07) is -0.528. The second-order valence-electron chi connectivity index (χ2n) is 3.93. The Labute approximate surface area is 90.8 Å². The summed E-state index contributed by atoms with van der Waals surface area (Å²) in [5.74, 6) is -0.387. The first-order valence-corrected chi connectivity index (χ1v) is 5.14. The first kappa shape index (κ1) is 13.9. The quantitative estimate of drug-likeness (QED) is 0.584. The molecule has 0 saturated carbocycles. The molecular weight excluding hydrogens is 194 g/mol. The van der Waals surface area contributed by atoms with Gasteiger partial charge in [-0.2, -0.15) is 0 Å². The van der Waals surface area contributed by atoms with E-state index in [0.717, 1.165) is 0 Å². The van der Waals surface area contributed by atoms with Gasteiger partial charge < -0.3 is 16.4 Å². The predicted octanol–water partition coefficient (Wildman–Crippen LogP) is -0.388. The zero-order valence-corrected chi connectivity index (χ0v) is 9.89. The minimum absolute atomic E-state index is 0.177. The van der Waals surface area contributed by atoms with Crippen molar-refractivity contribution in [2.75, 3.05) is 13.6 Å². The third kappa shape index (κ3) is 3.51.